The van der Waals surface area contributed by atoms with Crippen LogP contribution in [0.2, 0.25) is 0 Å². The Balaban J connectivity index is 0. The van der Waals surface area contributed by atoms with Crippen molar-refractivity contribution in [3.63, 3.8) is 0 Å². The smallest absolute Gasteiger partial charge is 0.142 e. The molecule has 0 unspecified atom stereocenters. The molecule has 0 saturated heterocycles. The molecule has 0 aromatic carbocycles. The first-order valence-electron chi connectivity index (χ1n) is 1.47. The van der Waals surface area contributed by atoms with Crippen LogP contribution >= 0.6 is 0 Å². The standard InChI is InChI=1S/C4H4O2.Cu/c5-3-1-2-4-6;/h1-4H;. The molecule has 0 amide bonds. The van der Waals surface area contributed by atoms with Gasteiger partial charge in [-0.25, -0.2) is 0 Å². The number of aldehydes is 2. The van der Waals surface area contributed by atoms with Crippen molar-refractivity contribution in [2.45, 2.75) is 0 Å². The molecule has 43 valence electrons. The predicted molar refractivity (Wildman–Crippen MR) is 21.3 cm³/mol. The van der Waals surface area contributed by atoms with E-state index in [1.54, 1.807) is 0 Å². The van der Waals surface area contributed by atoms with Crippen molar-refractivity contribution < 1.29 is 26.7 Å². The van der Waals surface area contributed by atoms with Gasteiger partial charge in [-0.2, -0.15) is 0 Å². The van der Waals surface area contributed by atoms with E-state index in [1.807, 2.05) is 0 Å². The summed E-state index contributed by atoms with van der Waals surface area (Å²) in [6.45, 7) is 0. The van der Waals surface area contributed by atoms with Gasteiger partial charge in [0.05, 0.1) is 0 Å². The maximum Gasteiger partial charge on any atom is 0.142 e. The van der Waals surface area contributed by atoms with Gasteiger partial charge in [0.25, 0.3) is 0 Å². The quantitative estimate of drug-likeness (QED) is 0.312. The summed E-state index contributed by atoms with van der Waals surface area (Å²) in [6, 6.07) is 0. The van der Waals surface area contributed by atoms with Crippen LogP contribution in [-0.2, 0) is 26.7 Å². The van der Waals surface area contributed by atoms with Gasteiger partial charge in [-0.1, -0.05) is 0 Å². The van der Waals surface area contributed by atoms with E-state index in [0.717, 1.165) is 12.2 Å². The number of carbonyl (C=O) groups excluding carboxylic acids is 2. The van der Waals surface area contributed by atoms with Gasteiger partial charge in [-0.15, -0.1) is 0 Å². The molecule has 0 spiro atoms. The third-order valence-corrected chi connectivity index (χ3v) is 0.268. The molecule has 1 radical (unpaired) electrons. The minimum Gasteiger partial charge on any atom is -0.299 e. The van der Waals surface area contributed by atoms with Gasteiger partial charge >= 0.3 is 0 Å². The molecule has 7 heavy (non-hydrogen) atoms. The van der Waals surface area contributed by atoms with Crippen LogP contribution in [0, 0.1) is 0 Å². The number of allylic oxidation sites excluding steroid dienone is 2. The zero-order valence-corrected chi connectivity index (χ0v) is 4.37. The second kappa shape index (κ2) is 9.14. The van der Waals surface area contributed by atoms with Gasteiger partial charge in [0, 0.05) is 17.1 Å². The van der Waals surface area contributed by atoms with Crippen LogP contribution in [0.3, 0.4) is 0 Å². The summed E-state index contributed by atoms with van der Waals surface area (Å²) in [5.41, 5.74) is 0. The summed E-state index contributed by atoms with van der Waals surface area (Å²) in [5, 5.41) is 0. The Morgan fingerprint density at radius 1 is 0.857 bits per heavy atom. The summed E-state index contributed by atoms with van der Waals surface area (Å²) >= 11 is 0. The Morgan fingerprint density at radius 2 is 1.14 bits per heavy atom. The van der Waals surface area contributed by atoms with E-state index < -0.39 is 0 Å². The van der Waals surface area contributed by atoms with Crippen molar-refractivity contribution in [3.05, 3.63) is 12.2 Å². The van der Waals surface area contributed by atoms with Gasteiger partial charge in [-0.05, 0) is 12.2 Å². The molecule has 0 aliphatic heterocycles. The van der Waals surface area contributed by atoms with Gasteiger partial charge in [0.1, 0.15) is 12.6 Å². The van der Waals surface area contributed by atoms with E-state index in [4.69, 9.17) is 0 Å². The molecule has 0 fully saturated rings. The molecule has 0 atom stereocenters. The zero-order chi connectivity index (χ0) is 4.83. The summed E-state index contributed by atoms with van der Waals surface area (Å²) in [7, 11) is 0. The summed E-state index contributed by atoms with van der Waals surface area (Å²) in [6.07, 6.45) is 3.36. The van der Waals surface area contributed by atoms with E-state index in [2.05, 4.69) is 0 Å². The average molecular weight is 148 g/mol. The zero-order valence-electron chi connectivity index (χ0n) is 3.43. The first-order valence-corrected chi connectivity index (χ1v) is 1.47. The monoisotopic (exact) mass is 147 g/mol. The second-order valence-electron chi connectivity index (χ2n) is 0.657. The summed E-state index contributed by atoms with van der Waals surface area (Å²) in [5.74, 6) is 0. The molecule has 0 aliphatic rings. The molecule has 0 aromatic heterocycles. The van der Waals surface area contributed by atoms with Crippen LogP contribution in [0.25, 0.3) is 0 Å². The molecule has 0 aliphatic carbocycles. The van der Waals surface area contributed by atoms with Crippen LogP contribution in [0.5, 0.6) is 0 Å². The van der Waals surface area contributed by atoms with Crippen LogP contribution in [-0.4, -0.2) is 12.6 Å². The number of rotatable bonds is 2. The number of hydrogen-bond acceptors (Lipinski definition) is 2. The van der Waals surface area contributed by atoms with Crippen molar-refractivity contribution in [3.8, 4) is 0 Å². The fraction of sp³-hybridized carbons (Fsp3) is 0. The van der Waals surface area contributed by atoms with E-state index in [0.29, 0.717) is 12.6 Å². The van der Waals surface area contributed by atoms with Crippen molar-refractivity contribution >= 4 is 12.6 Å². The fourth-order valence-corrected chi connectivity index (χ4v) is 0.0907. The summed E-state index contributed by atoms with van der Waals surface area (Å²) in [4.78, 5) is 18.6. The maximum atomic E-state index is 9.32. The van der Waals surface area contributed by atoms with Gasteiger partial charge in [0.15, 0.2) is 0 Å². The molecule has 0 aromatic rings. The molecule has 2 nitrogen and oxygen atoms in total. The van der Waals surface area contributed by atoms with Crippen LogP contribution < -0.4 is 0 Å². The van der Waals surface area contributed by atoms with Crippen molar-refractivity contribution in [2.75, 3.05) is 0 Å². The molecule has 0 bridgehead atoms. The third kappa shape index (κ3) is 10.7. The first-order chi connectivity index (χ1) is 2.91. The number of carbonyl (C=O) groups is 2. The third-order valence-electron chi connectivity index (χ3n) is 0.268. The van der Waals surface area contributed by atoms with Crippen molar-refractivity contribution in [1.29, 1.82) is 0 Å². The average Bonchev–Trinajstić information content (AvgIpc) is 1.61. The second-order valence-corrected chi connectivity index (χ2v) is 0.657. The molecule has 0 N–H and O–H groups in total. The normalized spacial score (nSPS) is 7.43. The van der Waals surface area contributed by atoms with Gasteiger partial charge < -0.3 is 0 Å². The first kappa shape index (κ1) is 9.78. The molecular weight excluding hydrogens is 144 g/mol. The SMILES string of the molecule is O=CC=CC=O.[Cu]. The Morgan fingerprint density at radius 3 is 1.29 bits per heavy atom. The Labute approximate surface area is 52.1 Å². The van der Waals surface area contributed by atoms with Crippen LogP contribution in [0.1, 0.15) is 0 Å². The summed E-state index contributed by atoms with van der Waals surface area (Å²) < 4.78 is 0. The Hall–Kier alpha value is -0.401. The van der Waals surface area contributed by atoms with Gasteiger partial charge in [-0.3, -0.25) is 9.59 Å². The van der Waals surface area contributed by atoms with Crippen LogP contribution in [0.15, 0.2) is 12.2 Å². The molecule has 0 rings (SSSR count). The largest absolute Gasteiger partial charge is 0.299 e. The van der Waals surface area contributed by atoms with Gasteiger partial charge in [0.2, 0.25) is 0 Å². The minimum atomic E-state index is 0. The van der Waals surface area contributed by atoms with E-state index in [1.165, 1.54) is 0 Å². The molecule has 0 heterocycles. The minimum absolute atomic E-state index is 0. The fourth-order valence-electron chi connectivity index (χ4n) is 0.0907. The number of hydrogen-bond donors (Lipinski definition) is 0. The van der Waals surface area contributed by atoms with Crippen LogP contribution in [0.4, 0.5) is 0 Å². The molecular formula is C4H4CuO2. The molecule has 3 heteroatoms. The maximum absolute atomic E-state index is 9.32. The predicted octanol–water partition coefficient (Wildman–Crippen LogP) is -0.0621. The van der Waals surface area contributed by atoms with Crippen molar-refractivity contribution in [2.24, 2.45) is 0 Å². The Kier molecular flexibility index (Phi) is 12.8. The Bertz CT molecular complexity index is 67.8. The topological polar surface area (TPSA) is 34.1 Å². The van der Waals surface area contributed by atoms with E-state index >= 15 is 0 Å². The van der Waals surface area contributed by atoms with E-state index in [-0.39, 0.29) is 17.1 Å². The molecule has 0 saturated carbocycles. The van der Waals surface area contributed by atoms with E-state index in [9.17, 15) is 9.59 Å². The van der Waals surface area contributed by atoms with Crippen molar-refractivity contribution in [1.82, 2.24) is 0 Å².